The van der Waals surface area contributed by atoms with E-state index in [4.69, 9.17) is 5.73 Å². The van der Waals surface area contributed by atoms with Gasteiger partial charge < -0.3 is 5.73 Å². The third-order valence-electron chi connectivity index (χ3n) is 1.86. The van der Waals surface area contributed by atoms with E-state index in [1.165, 1.54) is 0 Å². The minimum atomic E-state index is -0.0626. The summed E-state index contributed by atoms with van der Waals surface area (Å²) in [5, 5.41) is 13.3. The third-order valence-corrected chi connectivity index (χ3v) is 2.81. The summed E-state index contributed by atoms with van der Waals surface area (Å²) >= 11 is 1.57. The molecule has 0 saturated carbocycles. The molecule has 5 nitrogen and oxygen atoms in total. The Morgan fingerprint density at radius 3 is 2.71 bits per heavy atom. The quantitative estimate of drug-likeness (QED) is 0.689. The topological polar surface area (TPSA) is 69.1 Å². The van der Waals surface area contributed by atoms with E-state index in [-0.39, 0.29) is 5.41 Å². The van der Waals surface area contributed by atoms with E-state index < -0.39 is 0 Å². The predicted molar refractivity (Wildman–Crippen MR) is 56.5 cm³/mol. The Kier molecular flexibility index (Phi) is 2.02. The van der Waals surface area contributed by atoms with Gasteiger partial charge in [-0.25, -0.2) is 0 Å². The largest absolute Gasteiger partial charge is 0.385 e. The number of amidine groups is 1. The Balaban J connectivity index is 2.53. The van der Waals surface area contributed by atoms with Crippen LogP contribution in [0.2, 0.25) is 0 Å². The average Bonchev–Trinajstić information content (AvgIpc) is 2.45. The van der Waals surface area contributed by atoms with Gasteiger partial charge in [0.2, 0.25) is 5.16 Å². The summed E-state index contributed by atoms with van der Waals surface area (Å²) in [6.07, 6.45) is 0. The number of fused-ring (bicyclic) bond motifs is 1. The van der Waals surface area contributed by atoms with Gasteiger partial charge >= 0.3 is 0 Å². The van der Waals surface area contributed by atoms with Crippen LogP contribution in [0.4, 0.5) is 0 Å². The third kappa shape index (κ3) is 1.50. The Morgan fingerprint density at radius 1 is 1.36 bits per heavy atom. The van der Waals surface area contributed by atoms with Crippen LogP contribution in [0.25, 0.3) is 0 Å². The maximum Gasteiger partial charge on any atom is 0.212 e. The van der Waals surface area contributed by atoms with Crippen LogP contribution in [0.5, 0.6) is 0 Å². The maximum atomic E-state index is 5.67. The molecule has 0 aliphatic carbocycles. The predicted octanol–water partition coefficient (Wildman–Crippen LogP) is 0.802. The SMILES string of the molecule is CC(C)(C)c1nnc2n1N=C(N)CS2. The van der Waals surface area contributed by atoms with Crippen molar-refractivity contribution in [1.29, 1.82) is 0 Å². The normalized spacial score (nSPS) is 16.4. The smallest absolute Gasteiger partial charge is 0.212 e. The van der Waals surface area contributed by atoms with Crippen LogP contribution in [0.1, 0.15) is 26.6 Å². The summed E-state index contributed by atoms with van der Waals surface area (Å²) in [4.78, 5) is 0. The first-order valence-electron chi connectivity index (χ1n) is 4.40. The standard InChI is InChI=1S/C8H13N5S/c1-8(2,3)6-10-11-7-13(6)12-5(9)4-14-7/h4H2,1-3H3,(H2,9,12). The van der Waals surface area contributed by atoms with Crippen molar-refractivity contribution in [2.24, 2.45) is 10.8 Å². The molecular formula is C8H13N5S. The van der Waals surface area contributed by atoms with Crippen molar-refractivity contribution in [3.05, 3.63) is 5.82 Å². The van der Waals surface area contributed by atoms with Crippen molar-refractivity contribution < 1.29 is 0 Å². The summed E-state index contributed by atoms with van der Waals surface area (Å²) in [6.45, 7) is 6.24. The first-order chi connectivity index (χ1) is 6.48. The van der Waals surface area contributed by atoms with Crippen molar-refractivity contribution in [2.45, 2.75) is 31.3 Å². The van der Waals surface area contributed by atoms with Crippen LogP contribution in [0.3, 0.4) is 0 Å². The maximum absolute atomic E-state index is 5.67. The number of rotatable bonds is 0. The van der Waals surface area contributed by atoms with Crippen LogP contribution in [-0.2, 0) is 5.41 Å². The molecule has 0 radical (unpaired) electrons. The zero-order chi connectivity index (χ0) is 10.3. The Hall–Kier alpha value is -1.04. The zero-order valence-corrected chi connectivity index (χ0v) is 9.30. The molecule has 1 aliphatic rings. The van der Waals surface area contributed by atoms with Crippen molar-refractivity contribution in [3.63, 3.8) is 0 Å². The molecule has 2 heterocycles. The molecule has 0 spiro atoms. The molecule has 1 aromatic heterocycles. The monoisotopic (exact) mass is 211 g/mol. The van der Waals surface area contributed by atoms with E-state index in [9.17, 15) is 0 Å². The number of hydrogen-bond acceptors (Lipinski definition) is 5. The molecule has 0 amide bonds. The Labute approximate surface area is 86.8 Å². The molecule has 0 fully saturated rings. The molecule has 0 saturated heterocycles. The molecule has 2 N–H and O–H groups in total. The van der Waals surface area contributed by atoms with Gasteiger partial charge in [0.15, 0.2) is 5.82 Å². The van der Waals surface area contributed by atoms with Crippen molar-refractivity contribution in [3.8, 4) is 0 Å². The van der Waals surface area contributed by atoms with Gasteiger partial charge in [0.25, 0.3) is 0 Å². The number of nitrogens with zero attached hydrogens (tertiary/aromatic N) is 4. The van der Waals surface area contributed by atoms with Gasteiger partial charge in [0.1, 0.15) is 5.84 Å². The van der Waals surface area contributed by atoms with Crippen molar-refractivity contribution in [1.82, 2.24) is 14.9 Å². The fourth-order valence-corrected chi connectivity index (χ4v) is 1.89. The molecule has 0 aromatic carbocycles. The molecule has 0 bridgehead atoms. The number of nitrogens with two attached hydrogens (primary N) is 1. The number of thioether (sulfide) groups is 1. The molecule has 0 atom stereocenters. The van der Waals surface area contributed by atoms with E-state index in [0.29, 0.717) is 11.6 Å². The van der Waals surface area contributed by atoms with Crippen LogP contribution in [0.15, 0.2) is 10.3 Å². The lowest BCUT2D eigenvalue weighted by Crippen LogP contribution is -2.24. The summed E-state index contributed by atoms with van der Waals surface area (Å²) in [5.41, 5.74) is 5.61. The Morgan fingerprint density at radius 2 is 2.07 bits per heavy atom. The highest BCUT2D eigenvalue weighted by molar-refractivity contribution is 7.99. The molecule has 0 unspecified atom stereocenters. The van der Waals surface area contributed by atoms with Gasteiger partial charge in [-0.3, -0.25) is 0 Å². The van der Waals surface area contributed by atoms with E-state index in [0.717, 1.165) is 11.0 Å². The first kappa shape index (κ1) is 9.51. The Bertz CT molecular complexity index is 387. The lowest BCUT2D eigenvalue weighted by molar-refractivity contribution is 0.508. The van der Waals surface area contributed by atoms with Gasteiger partial charge in [0.05, 0.1) is 5.75 Å². The minimum absolute atomic E-state index is 0.0626. The minimum Gasteiger partial charge on any atom is -0.385 e. The average molecular weight is 211 g/mol. The summed E-state index contributed by atoms with van der Waals surface area (Å²) < 4.78 is 1.74. The van der Waals surface area contributed by atoms with Crippen molar-refractivity contribution in [2.75, 3.05) is 5.75 Å². The van der Waals surface area contributed by atoms with E-state index in [2.05, 4.69) is 36.1 Å². The number of hydrogen-bond donors (Lipinski definition) is 1. The van der Waals surface area contributed by atoms with Crippen LogP contribution < -0.4 is 5.73 Å². The fourth-order valence-electron chi connectivity index (χ4n) is 1.21. The van der Waals surface area contributed by atoms with Crippen LogP contribution >= 0.6 is 11.8 Å². The molecular weight excluding hydrogens is 198 g/mol. The van der Waals surface area contributed by atoms with Crippen LogP contribution in [-0.4, -0.2) is 26.5 Å². The number of aromatic nitrogens is 3. The van der Waals surface area contributed by atoms with Gasteiger partial charge in [-0.1, -0.05) is 32.5 Å². The lowest BCUT2D eigenvalue weighted by atomic mass is 9.96. The van der Waals surface area contributed by atoms with Gasteiger partial charge in [-0.15, -0.1) is 10.2 Å². The molecule has 6 heteroatoms. The second-order valence-electron chi connectivity index (χ2n) is 4.25. The highest BCUT2D eigenvalue weighted by Gasteiger charge is 2.26. The van der Waals surface area contributed by atoms with E-state index >= 15 is 0 Å². The summed E-state index contributed by atoms with van der Waals surface area (Å²) in [6, 6.07) is 0. The molecule has 2 rings (SSSR count). The molecule has 14 heavy (non-hydrogen) atoms. The van der Waals surface area contributed by atoms with Crippen LogP contribution in [0, 0.1) is 0 Å². The molecule has 1 aromatic rings. The second-order valence-corrected chi connectivity index (χ2v) is 5.19. The van der Waals surface area contributed by atoms with Gasteiger partial charge in [0, 0.05) is 5.41 Å². The highest BCUT2D eigenvalue weighted by Crippen LogP contribution is 2.27. The second kappa shape index (κ2) is 2.98. The fraction of sp³-hybridized carbons (Fsp3) is 0.625. The van der Waals surface area contributed by atoms with Gasteiger partial charge in [-0.05, 0) is 0 Å². The highest BCUT2D eigenvalue weighted by atomic mass is 32.2. The molecule has 76 valence electrons. The summed E-state index contributed by atoms with van der Waals surface area (Å²) in [5.74, 6) is 2.16. The lowest BCUT2D eigenvalue weighted by Gasteiger charge is -2.18. The molecule has 1 aliphatic heterocycles. The van der Waals surface area contributed by atoms with Crippen molar-refractivity contribution >= 4 is 17.6 Å². The summed E-state index contributed by atoms with van der Waals surface area (Å²) in [7, 11) is 0. The first-order valence-corrected chi connectivity index (χ1v) is 5.39. The van der Waals surface area contributed by atoms with Gasteiger partial charge in [-0.2, -0.15) is 9.78 Å². The van der Waals surface area contributed by atoms with E-state index in [1.807, 2.05) is 0 Å². The zero-order valence-electron chi connectivity index (χ0n) is 8.48. The van der Waals surface area contributed by atoms with E-state index in [1.54, 1.807) is 16.4 Å².